The standard InChI is InChI=1S/C33H37NO5/c1-19-11-12-22(20(2)13-19)34-28(37)18-38-25-10-8-7-9-21(25)29-30-23(35)14-32(3,4)16-26(30)39-27-17-33(5,6)15-24(36)31(27)29/h7-13,29H,14-18H2,1-6H3,(H,34,37). The summed E-state index contributed by atoms with van der Waals surface area (Å²) < 4.78 is 12.5. The lowest BCUT2D eigenvalue weighted by Gasteiger charge is -2.43. The van der Waals surface area contributed by atoms with Gasteiger partial charge in [0.05, 0.1) is 5.92 Å². The first-order valence-electron chi connectivity index (χ1n) is 13.6. The average Bonchev–Trinajstić information content (AvgIpc) is 2.82. The molecule has 1 amide bonds. The molecule has 0 spiro atoms. The maximum Gasteiger partial charge on any atom is 0.262 e. The van der Waals surface area contributed by atoms with Crippen LogP contribution in [0.3, 0.4) is 0 Å². The Morgan fingerprint density at radius 2 is 1.49 bits per heavy atom. The molecule has 0 aromatic heterocycles. The third kappa shape index (κ3) is 5.42. The highest BCUT2D eigenvalue weighted by molar-refractivity contribution is 6.06. The van der Waals surface area contributed by atoms with Gasteiger partial charge in [0.25, 0.3) is 5.91 Å². The Morgan fingerprint density at radius 1 is 0.897 bits per heavy atom. The molecular formula is C33H37NO5. The molecule has 1 N–H and O–H groups in total. The summed E-state index contributed by atoms with van der Waals surface area (Å²) in [4.78, 5) is 40.0. The molecule has 1 heterocycles. The Balaban J connectivity index is 1.50. The number of hydrogen-bond donors (Lipinski definition) is 1. The third-order valence-electron chi connectivity index (χ3n) is 7.83. The number of aryl methyl sites for hydroxylation is 2. The van der Waals surface area contributed by atoms with Crippen molar-refractivity contribution in [2.75, 3.05) is 11.9 Å². The van der Waals surface area contributed by atoms with Crippen molar-refractivity contribution in [2.24, 2.45) is 10.8 Å². The normalized spacial score (nSPS) is 20.3. The van der Waals surface area contributed by atoms with E-state index in [9.17, 15) is 14.4 Å². The number of amides is 1. The Hall–Kier alpha value is -3.67. The van der Waals surface area contributed by atoms with Gasteiger partial charge in [0.15, 0.2) is 18.2 Å². The molecular weight excluding hydrogens is 490 g/mol. The van der Waals surface area contributed by atoms with Gasteiger partial charge in [-0.3, -0.25) is 14.4 Å². The van der Waals surface area contributed by atoms with Crippen molar-refractivity contribution in [2.45, 2.75) is 73.1 Å². The number of allylic oxidation sites excluding steroid dienone is 4. The van der Waals surface area contributed by atoms with Crippen molar-refractivity contribution in [3.8, 4) is 5.75 Å². The fourth-order valence-corrected chi connectivity index (χ4v) is 6.12. The second kappa shape index (κ2) is 9.82. The van der Waals surface area contributed by atoms with Crippen molar-refractivity contribution >= 4 is 23.2 Å². The molecule has 2 aliphatic carbocycles. The van der Waals surface area contributed by atoms with E-state index < -0.39 is 5.92 Å². The summed E-state index contributed by atoms with van der Waals surface area (Å²) in [5.41, 5.74) is 4.19. The van der Waals surface area contributed by atoms with Crippen LogP contribution in [0.4, 0.5) is 5.69 Å². The van der Waals surface area contributed by atoms with Gasteiger partial charge in [-0.05, 0) is 42.4 Å². The molecule has 39 heavy (non-hydrogen) atoms. The van der Waals surface area contributed by atoms with Crippen LogP contribution in [-0.2, 0) is 19.1 Å². The van der Waals surface area contributed by atoms with Gasteiger partial charge < -0.3 is 14.8 Å². The second-order valence-corrected chi connectivity index (χ2v) is 12.8. The maximum atomic E-state index is 13.6. The van der Waals surface area contributed by atoms with Crippen LogP contribution in [-0.4, -0.2) is 24.1 Å². The van der Waals surface area contributed by atoms with Gasteiger partial charge in [0.2, 0.25) is 0 Å². The van der Waals surface area contributed by atoms with Crippen LogP contribution in [0.25, 0.3) is 0 Å². The van der Waals surface area contributed by atoms with Gasteiger partial charge in [-0.15, -0.1) is 0 Å². The molecule has 6 nitrogen and oxygen atoms in total. The zero-order chi connectivity index (χ0) is 28.1. The van der Waals surface area contributed by atoms with Gasteiger partial charge in [-0.25, -0.2) is 0 Å². The molecule has 0 atom stereocenters. The minimum absolute atomic E-state index is 0.00201. The van der Waals surface area contributed by atoms with Crippen LogP contribution in [0, 0.1) is 24.7 Å². The molecule has 6 heteroatoms. The van der Waals surface area contributed by atoms with E-state index in [1.165, 1.54) is 0 Å². The Morgan fingerprint density at radius 3 is 2.08 bits per heavy atom. The van der Waals surface area contributed by atoms with Crippen LogP contribution in [0.5, 0.6) is 5.75 Å². The zero-order valence-electron chi connectivity index (χ0n) is 23.7. The predicted molar refractivity (Wildman–Crippen MR) is 150 cm³/mol. The van der Waals surface area contributed by atoms with E-state index in [-0.39, 0.29) is 34.9 Å². The van der Waals surface area contributed by atoms with E-state index in [2.05, 4.69) is 33.0 Å². The van der Waals surface area contributed by atoms with Crippen LogP contribution in [0.15, 0.2) is 65.1 Å². The second-order valence-electron chi connectivity index (χ2n) is 12.8. The highest BCUT2D eigenvalue weighted by Gasteiger charge is 2.48. The van der Waals surface area contributed by atoms with Gasteiger partial charge in [-0.2, -0.15) is 0 Å². The van der Waals surface area contributed by atoms with Crippen molar-refractivity contribution in [3.63, 3.8) is 0 Å². The largest absolute Gasteiger partial charge is 0.483 e. The lowest BCUT2D eigenvalue weighted by Crippen LogP contribution is -2.37. The fourth-order valence-electron chi connectivity index (χ4n) is 6.12. The molecule has 2 aromatic carbocycles. The summed E-state index contributed by atoms with van der Waals surface area (Å²) >= 11 is 0. The molecule has 0 bridgehead atoms. The van der Waals surface area contributed by atoms with Crippen molar-refractivity contribution in [1.82, 2.24) is 0 Å². The van der Waals surface area contributed by atoms with E-state index in [0.717, 1.165) is 16.8 Å². The molecule has 0 fully saturated rings. The van der Waals surface area contributed by atoms with E-state index in [0.29, 0.717) is 59.7 Å². The quantitative estimate of drug-likeness (QED) is 0.467. The lowest BCUT2D eigenvalue weighted by molar-refractivity contribution is -0.121. The summed E-state index contributed by atoms with van der Waals surface area (Å²) in [6.07, 6.45) is 2.01. The molecule has 204 valence electrons. The molecule has 0 saturated heterocycles. The molecule has 5 rings (SSSR count). The van der Waals surface area contributed by atoms with E-state index in [4.69, 9.17) is 9.47 Å². The number of nitrogens with one attached hydrogen (secondary N) is 1. The first-order valence-corrected chi connectivity index (χ1v) is 13.6. The van der Waals surface area contributed by atoms with E-state index in [1.54, 1.807) is 6.07 Å². The first-order chi connectivity index (χ1) is 18.3. The number of rotatable bonds is 5. The van der Waals surface area contributed by atoms with Crippen LogP contribution >= 0.6 is 0 Å². The summed E-state index contributed by atoms with van der Waals surface area (Å²) in [6, 6.07) is 13.2. The zero-order valence-corrected chi connectivity index (χ0v) is 23.7. The fraction of sp³-hybridized carbons (Fsp3) is 0.424. The number of Topliss-reactive ketones (excluding diaryl/α,β-unsaturated/α-hetero) is 2. The molecule has 0 unspecified atom stereocenters. The Bertz CT molecular complexity index is 1390. The summed E-state index contributed by atoms with van der Waals surface area (Å²) in [6.45, 7) is 12.0. The number of hydrogen-bond acceptors (Lipinski definition) is 5. The molecule has 0 saturated carbocycles. The molecule has 1 aliphatic heterocycles. The van der Waals surface area contributed by atoms with Gasteiger partial charge in [-0.1, -0.05) is 63.6 Å². The minimum Gasteiger partial charge on any atom is -0.483 e. The van der Waals surface area contributed by atoms with E-state index >= 15 is 0 Å². The number of anilines is 1. The summed E-state index contributed by atoms with van der Waals surface area (Å²) in [5.74, 6) is 0.940. The molecule has 2 aromatic rings. The Labute approximate surface area is 230 Å². The minimum atomic E-state index is -0.574. The summed E-state index contributed by atoms with van der Waals surface area (Å²) in [5, 5.41) is 2.92. The topological polar surface area (TPSA) is 81.7 Å². The number of carbonyl (C=O) groups excluding carboxylic acids is 3. The SMILES string of the molecule is Cc1ccc(NC(=O)COc2ccccc2C2C3=C(CC(C)(C)CC3=O)OC3=C2C(=O)CC(C)(C)C3)c(C)c1. The molecule has 3 aliphatic rings. The highest BCUT2D eigenvalue weighted by atomic mass is 16.5. The monoisotopic (exact) mass is 527 g/mol. The number of benzene rings is 2. The smallest absolute Gasteiger partial charge is 0.262 e. The van der Waals surface area contributed by atoms with Crippen molar-refractivity contribution in [3.05, 3.63) is 81.8 Å². The lowest BCUT2D eigenvalue weighted by atomic mass is 9.65. The number of para-hydroxylation sites is 1. The van der Waals surface area contributed by atoms with Crippen LogP contribution < -0.4 is 10.1 Å². The number of carbonyl (C=O) groups is 3. The average molecular weight is 528 g/mol. The van der Waals surface area contributed by atoms with E-state index in [1.807, 2.05) is 50.2 Å². The van der Waals surface area contributed by atoms with Gasteiger partial charge in [0, 0.05) is 48.1 Å². The number of ketones is 2. The number of ether oxygens (including phenoxy) is 2. The molecule has 0 radical (unpaired) electrons. The van der Waals surface area contributed by atoms with Crippen molar-refractivity contribution < 1.29 is 23.9 Å². The first kappa shape index (κ1) is 26.9. The van der Waals surface area contributed by atoms with Gasteiger partial charge in [0.1, 0.15) is 17.3 Å². The third-order valence-corrected chi connectivity index (χ3v) is 7.83. The van der Waals surface area contributed by atoms with Crippen LogP contribution in [0.1, 0.15) is 76.0 Å². The van der Waals surface area contributed by atoms with Gasteiger partial charge >= 0.3 is 0 Å². The van der Waals surface area contributed by atoms with Crippen LogP contribution in [0.2, 0.25) is 0 Å². The Kier molecular flexibility index (Phi) is 6.78. The maximum absolute atomic E-state index is 13.6. The van der Waals surface area contributed by atoms with Crippen molar-refractivity contribution in [1.29, 1.82) is 0 Å². The predicted octanol–water partition coefficient (Wildman–Crippen LogP) is 6.72. The summed E-state index contributed by atoms with van der Waals surface area (Å²) in [7, 11) is 0. The highest BCUT2D eigenvalue weighted by Crippen LogP contribution is 2.54.